The van der Waals surface area contributed by atoms with Crippen LogP contribution in [0.25, 0.3) is 11.1 Å². The normalized spacial score (nSPS) is 14.2. The average molecular weight is 306 g/mol. The highest BCUT2D eigenvalue weighted by Crippen LogP contribution is 2.30. The van der Waals surface area contributed by atoms with Gasteiger partial charge in [-0.15, -0.1) is 0 Å². The molecular weight excluding hydrogens is 289 g/mol. The monoisotopic (exact) mass is 305 g/mol. The molecule has 1 N–H and O–H groups in total. The molecule has 0 aromatic heterocycles. The standard InChI is InChI=1S/C17H17ClFNO/c1-21-17-7-3-11(8-13(17)10-20-14-4-5-14)12-2-6-16(19)15(18)9-12/h2-3,6-9,14,20H,4-5,10H2,1H3. The van der Waals surface area contributed by atoms with Crippen LogP contribution in [0.4, 0.5) is 4.39 Å². The van der Waals surface area contributed by atoms with Gasteiger partial charge in [-0.2, -0.15) is 0 Å². The van der Waals surface area contributed by atoms with Crippen molar-refractivity contribution in [3.63, 3.8) is 0 Å². The van der Waals surface area contributed by atoms with Gasteiger partial charge in [-0.25, -0.2) is 4.39 Å². The van der Waals surface area contributed by atoms with Crippen LogP contribution in [0.3, 0.4) is 0 Å². The van der Waals surface area contributed by atoms with E-state index in [0.29, 0.717) is 6.04 Å². The minimum absolute atomic E-state index is 0.140. The summed E-state index contributed by atoms with van der Waals surface area (Å²) in [5.41, 5.74) is 3.00. The number of halogens is 2. The molecule has 0 heterocycles. The maximum Gasteiger partial charge on any atom is 0.141 e. The van der Waals surface area contributed by atoms with Crippen molar-refractivity contribution in [3.05, 3.63) is 52.8 Å². The zero-order chi connectivity index (χ0) is 14.8. The van der Waals surface area contributed by atoms with Gasteiger partial charge in [0.05, 0.1) is 12.1 Å². The summed E-state index contributed by atoms with van der Waals surface area (Å²) in [5, 5.41) is 3.62. The molecule has 2 aromatic rings. The minimum atomic E-state index is -0.399. The summed E-state index contributed by atoms with van der Waals surface area (Å²) >= 11 is 5.86. The van der Waals surface area contributed by atoms with Gasteiger partial charge < -0.3 is 10.1 Å². The van der Waals surface area contributed by atoms with Crippen molar-refractivity contribution in [1.29, 1.82) is 0 Å². The van der Waals surface area contributed by atoms with Crippen molar-refractivity contribution in [1.82, 2.24) is 5.32 Å². The molecule has 2 aromatic carbocycles. The fraction of sp³-hybridized carbons (Fsp3) is 0.294. The molecule has 3 rings (SSSR count). The number of benzene rings is 2. The van der Waals surface area contributed by atoms with Gasteiger partial charge in [0.25, 0.3) is 0 Å². The molecule has 1 fully saturated rings. The molecule has 21 heavy (non-hydrogen) atoms. The van der Waals surface area contributed by atoms with Gasteiger partial charge in [-0.3, -0.25) is 0 Å². The van der Waals surface area contributed by atoms with Gasteiger partial charge in [-0.05, 0) is 48.2 Å². The molecule has 0 spiro atoms. The highest BCUT2D eigenvalue weighted by molar-refractivity contribution is 6.31. The fourth-order valence-corrected chi connectivity index (χ4v) is 2.49. The van der Waals surface area contributed by atoms with Crippen molar-refractivity contribution in [2.45, 2.75) is 25.4 Å². The predicted octanol–water partition coefficient (Wildman–Crippen LogP) is 4.41. The second kappa shape index (κ2) is 6.04. The first kappa shape index (κ1) is 14.4. The van der Waals surface area contributed by atoms with Gasteiger partial charge in [0.15, 0.2) is 0 Å². The van der Waals surface area contributed by atoms with E-state index in [0.717, 1.165) is 29.0 Å². The van der Waals surface area contributed by atoms with Gasteiger partial charge in [0, 0.05) is 18.2 Å². The van der Waals surface area contributed by atoms with Gasteiger partial charge in [0.1, 0.15) is 11.6 Å². The first-order valence-electron chi connectivity index (χ1n) is 7.03. The van der Waals surface area contributed by atoms with E-state index < -0.39 is 5.82 Å². The van der Waals surface area contributed by atoms with Crippen molar-refractivity contribution in [3.8, 4) is 16.9 Å². The molecule has 110 valence electrons. The maximum absolute atomic E-state index is 13.3. The Morgan fingerprint density at radius 2 is 1.90 bits per heavy atom. The molecule has 0 unspecified atom stereocenters. The largest absolute Gasteiger partial charge is 0.496 e. The van der Waals surface area contributed by atoms with Gasteiger partial charge >= 0.3 is 0 Å². The molecule has 4 heteroatoms. The lowest BCUT2D eigenvalue weighted by Crippen LogP contribution is -2.15. The average Bonchev–Trinajstić information content (AvgIpc) is 3.32. The number of hydrogen-bond donors (Lipinski definition) is 1. The van der Waals surface area contributed by atoms with E-state index >= 15 is 0 Å². The molecule has 0 radical (unpaired) electrons. The second-order valence-corrected chi connectivity index (χ2v) is 5.72. The highest BCUT2D eigenvalue weighted by atomic mass is 35.5. The predicted molar refractivity (Wildman–Crippen MR) is 83.3 cm³/mol. The van der Waals surface area contributed by atoms with Gasteiger partial charge in [-0.1, -0.05) is 23.7 Å². The zero-order valence-corrected chi connectivity index (χ0v) is 12.6. The lowest BCUT2D eigenvalue weighted by atomic mass is 10.0. The third-order valence-corrected chi connectivity index (χ3v) is 3.98. The Morgan fingerprint density at radius 1 is 1.19 bits per heavy atom. The van der Waals surface area contributed by atoms with E-state index in [1.807, 2.05) is 12.1 Å². The Hall–Kier alpha value is -1.58. The molecule has 1 saturated carbocycles. The molecule has 0 amide bonds. The van der Waals surface area contributed by atoms with Crippen molar-refractivity contribution < 1.29 is 9.13 Å². The van der Waals surface area contributed by atoms with Gasteiger partial charge in [0.2, 0.25) is 0 Å². The van der Waals surface area contributed by atoms with Crippen LogP contribution in [-0.2, 0) is 6.54 Å². The van der Waals surface area contributed by atoms with Crippen LogP contribution < -0.4 is 10.1 Å². The van der Waals surface area contributed by atoms with Crippen molar-refractivity contribution >= 4 is 11.6 Å². The molecule has 0 atom stereocenters. The quantitative estimate of drug-likeness (QED) is 0.883. The van der Waals surface area contributed by atoms with E-state index in [4.69, 9.17) is 16.3 Å². The first-order chi connectivity index (χ1) is 10.2. The third-order valence-electron chi connectivity index (χ3n) is 3.69. The maximum atomic E-state index is 13.3. The fourth-order valence-electron chi connectivity index (χ4n) is 2.31. The summed E-state index contributed by atoms with van der Waals surface area (Å²) in [4.78, 5) is 0. The summed E-state index contributed by atoms with van der Waals surface area (Å²) in [5.74, 6) is 0.463. The molecular formula is C17H17ClFNO. The molecule has 0 saturated heterocycles. The van der Waals surface area contributed by atoms with Crippen molar-refractivity contribution in [2.75, 3.05) is 7.11 Å². The van der Waals surface area contributed by atoms with E-state index in [9.17, 15) is 4.39 Å². The van der Waals surface area contributed by atoms with Crippen LogP contribution in [0.15, 0.2) is 36.4 Å². The smallest absolute Gasteiger partial charge is 0.141 e. The van der Waals surface area contributed by atoms with Crippen LogP contribution >= 0.6 is 11.6 Å². The molecule has 2 nitrogen and oxygen atoms in total. The van der Waals surface area contributed by atoms with E-state index in [2.05, 4.69) is 11.4 Å². The SMILES string of the molecule is COc1ccc(-c2ccc(F)c(Cl)c2)cc1CNC1CC1. The highest BCUT2D eigenvalue weighted by Gasteiger charge is 2.20. The zero-order valence-electron chi connectivity index (χ0n) is 11.8. The third kappa shape index (κ3) is 3.36. The summed E-state index contributed by atoms with van der Waals surface area (Å²) < 4.78 is 18.7. The van der Waals surface area contributed by atoms with Crippen LogP contribution in [0, 0.1) is 5.82 Å². The van der Waals surface area contributed by atoms with Crippen LogP contribution in [0.2, 0.25) is 5.02 Å². The summed E-state index contributed by atoms with van der Waals surface area (Å²) in [6, 6.07) is 11.4. The van der Waals surface area contributed by atoms with Crippen LogP contribution in [0.1, 0.15) is 18.4 Å². The van der Waals surface area contributed by atoms with Crippen LogP contribution in [0.5, 0.6) is 5.75 Å². The molecule has 0 bridgehead atoms. The number of ether oxygens (including phenoxy) is 1. The lowest BCUT2D eigenvalue weighted by Gasteiger charge is -2.12. The number of methoxy groups -OCH3 is 1. The Labute approximate surface area is 128 Å². The van der Waals surface area contributed by atoms with E-state index in [-0.39, 0.29) is 5.02 Å². The van der Waals surface area contributed by atoms with E-state index in [1.54, 1.807) is 19.2 Å². The Bertz CT molecular complexity index is 655. The summed E-state index contributed by atoms with van der Waals surface area (Å²) in [6.45, 7) is 0.774. The topological polar surface area (TPSA) is 21.3 Å². The second-order valence-electron chi connectivity index (χ2n) is 5.31. The van der Waals surface area contributed by atoms with E-state index in [1.165, 1.54) is 18.9 Å². The summed E-state index contributed by atoms with van der Waals surface area (Å²) in [6.07, 6.45) is 2.49. The number of nitrogens with one attached hydrogen (secondary N) is 1. The van der Waals surface area contributed by atoms with Crippen molar-refractivity contribution in [2.24, 2.45) is 0 Å². The molecule has 0 aliphatic heterocycles. The first-order valence-corrected chi connectivity index (χ1v) is 7.41. The Kier molecular flexibility index (Phi) is 4.13. The lowest BCUT2D eigenvalue weighted by molar-refractivity contribution is 0.407. The van der Waals surface area contributed by atoms with Crippen LogP contribution in [-0.4, -0.2) is 13.2 Å². The molecule has 1 aliphatic rings. The minimum Gasteiger partial charge on any atom is -0.496 e. The number of rotatable bonds is 5. The summed E-state index contributed by atoms with van der Waals surface area (Å²) in [7, 11) is 1.67. The Morgan fingerprint density at radius 3 is 2.57 bits per heavy atom. The number of hydrogen-bond acceptors (Lipinski definition) is 2. The Balaban J connectivity index is 1.90. The molecule has 1 aliphatic carbocycles.